The maximum atomic E-state index is 13.9. The molecule has 0 saturated carbocycles. The first-order valence-electron chi connectivity index (χ1n) is 7.74. The molecule has 27 heavy (non-hydrogen) atoms. The predicted molar refractivity (Wildman–Crippen MR) is 104 cm³/mol. The Labute approximate surface area is 168 Å². The molecule has 0 aromatic heterocycles. The van der Waals surface area contributed by atoms with E-state index < -0.39 is 16.6 Å². The normalized spacial score (nSPS) is 13.6. The second-order valence-electron chi connectivity index (χ2n) is 5.53. The number of non-ortho nitro benzene ring substituents is 1. The summed E-state index contributed by atoms with van der Waals surface area (Å²) in [5.74, 6) is -0.739. The van der Waals surface area contributed by atoms with Crippen LogP contribution in [0.5, 0.6) is 0 Å². The molecule has 0 unspecified atom stereocenters. The number of thioether (sulfide) groups is 1. The van der Waals surface area contributed by atoms with Gasteiger partial charge < -0.3 is 0 Å². The molecule has 1 heterocycles. The molecule has 0 atom stereocenters. The first-order valence-corrected chi connectivity index (χ1v) is 9.48. The fourth-order valence-corrected chi connectivity index (χ4v) is 4.07. The summed E-state index contributed by atoms with van der Waals surface area (Å²) < 4.78 is 13.9. The zero-order valence-corrected chi connectivity index (χ0v) is 16.0. The van der Waals surface area contributed by atoms with Gasteiger partial charge >= 0.3 is 0 Å². The first-order chi connectivity index (χ1) is 12.9. The lowest BCUT2D eigenvalue weighted by Crippen LogP contribution is -2.33. The summed E-state index contributed by atoms with van der Waals surface area (Å²) in [6.45, 7) is 0.691. The summed E-state index contributed by atoms with van der Waals surface area (Å²) >= 11 is 13.2. The second kappa shape index (κ2) is 8.24. The molecule has 1 amide bonds. The molecule has 6 nitrogen and oxygen atoms in total. The van der Waals surface area contributed by atoms with Crippen LogP contribution >= 0.6 is 35.0 Å². The Balaban J connectivity index is 1.79. The van der Waals surface area contributed by atoms with Crippen molar-refractivity contribution in [2.75, 3.05) is 13.1 Å². The number of benzene rings is 2. The van der Waals surface area contributed by atoms with Crippen LogP contribution < -0.4 is 0 Å². The van der Waals surface area contributed by atoms with Gasteiger partial charge in [-0.05, 0) is 18.2 Å². The van der Waals surface area contributed by atoms with Crippen molar-refractivity contribution in [1.29, 1.82) is 0 Å². The molecule has 1 aliphatic heterocycles. The van der Waals surface area contributed by atoms with Gasteiger partial charge in [-0.15, -0.1) is 0 Å². The number of hydrogen-bond acceptors (Lipinski definition) is 5. The van der Waals surface area contributed by atoms with Crippen molar-refractivity contribution in [1.82, 2.24) is 4.90 Å². The third-order valence-electron chi connectivity index (χ3n) is 3.85. The highest BCUT2D eigenvalue weighted by atomic mass is 35.5. The number of carbonyl (C=O) groups is 1. The van der Waals surface area contributed by atoms with E-state index in [1.165, 1.54) is 40.9 Å². The van der Waals surface area contributed by atoms with E-state index in [-0.39, 0.29) is 22.0 Å². The van der Waals surface area contributed by atoms with Gasteiger partial charge in [-0.3, -0.25) is 24.8 Å². The van der Waals surface area contributed by atoms with E-state index in [0.29, 0.717) is 28.8 Å². The van der Waals surface area contributed by atoms with E-state index >= 15 is 0 Å². The Morgan fingerprint density at radius 1 is 1.30 bits per heavy atom. The number of aliphatic imine (C=N–C) groups is 1. The lowest BCUT2D eigenvalue weighted by atomic mass is 10.2. The van der Waals surface area contributed by atoms with Crippen LogP contribution in [0.4, 0.5) is 10.1 Å². The van der Waals surface area contributed by atoms with Gasteiger partial charge in [0.1, 0.15) is 5.82 Å². The van der Waals surface area contributed by atoms with Crippen molar-refractivity contribution in [3.05, 3.63) is 73.5 Å². The molecule has 2 aromatic rings. The van der Waals surface area contributed by atoms with Crippen LogP contribution in [0.25, 0.3) is 0 Å². The number of nitrogens with zero attached hydrogens (tertiary/aromatic N) is 3. The molecule has 0 fully saturated rings. The smallest absolute Gasteiger partial charge is 0.270 e. The van der Waals surface area contributed by atoms with Crippen molar-refractivity contribution in [3.8, 4) is 0 Å². The van der Waals surface area contributed by atoms with E-state index in [0.717, 1.165) is 6.07 Å². The van der Waals surface area contributed by atoms with Crippen molar-refractivity contribution < 1.29 is 14.1 Å². The van der Waals surface area contributed by atoms with Crippen molar-refractivity contribution in [2.24, 2.45) is 4.99 Å². The number of halogens is 3. The Morgan fingerprint density at radius 3 is 2.78 bits per heavy atom. The predicted octanol–water partition coefficient (Wildman–Crippen LogP) is 4.79. The average Bonchev–Trinajstić information content (AvgIpc) is 3.09. The van der Waals surface area contributed by atoms with Crippen LogP contribution in [-0.4, -0.2) is 34.0 Å². The molecule has 0 N–H and O–H groups in total. The molecular formula is C17H12Cl2FN3O3S. The molecule has 1 aliphatic rings. The van der Waals surface area contributed by atoms with Crippen LogP contribution in [0.3, 0.4) is 0 Å². The molecule has 3 rings (SSSR count). The number of hydrogen-bond donors (Lipinski definition) is 0. The van der Waals surface area contributed by atoms with Gasteiger partial charge in [-0.25, -0.2) is 4.39 Å². The number of amides is 1. The summed E-state index contributed by atoms with van der Waals surface area (Å²) in [4.78, 5) is 28.8. The maximum absolute atomic E-state index is 13.9. The SMILES string of the molecule is O=C(c1cc([N+](=O)[O-])ccc1Cl)N1CCN=C1SCc1c(F)cccc1Cl. The first kappa shape index (κ1) is 19.6. The Bertz CT molecular complexity index is 935. The van der Waals surface area contributed by atoms with Gasteiger partial charge in [0.25, 0.3) is 11.6 Å². The number of rotatable bonds is 4. The van der Waals surface area contributed by atoms with Crippen LogP contribution in [0.1, 0.15) is 15.9 Å². The fraction of sp³-hybridized carbons (Fsp3) is 0.176. The van der Waals surface area contributed by atoms with Crippen LogP contribution in [0.2, 0.25) is 10.0 Å². The fourth-order valence-electron chi connectivity index (χ4n) is 2.48. The molecule has 0 spiro atoms. The lowest BCUT2D eigenvalue weighted by Gasteiger charge is -2.18. The van der Waals surface area contributed by atoms with Crippen molar-refractivity contribution in [2.45, 2.75) is 5.75 Å². The molecular weight excluding hydrogens is 416 g/mol. The number of nitro groups is 1. The highest BCUT2D eigenvalue weighted by Gasteiger charge is 2.28. The third-order valence-corrected chi connectivity index (χ3v) is 5.57. The largest absolute Gasteiger partial charge is 0.286 e. The van der Waals surface area contributed by atoms with Gasteiger partial charge in [0.15, 0.2) is 5.17 Å². The summed E-state index contributed by atoms with van der Waals surface area (Å²) in [7, 11) is 0. The van der Waals surface area contributed by atoms with Crippen molar-refractivity contribution >= 4 is 51.7 Å². The molecule has 0 saturated heterocycles. The Morgan fingerprint density at radius 2 is 2.07 bits per heavy atom. The van der Waals surface area contributed by atoms with E-state index in [2.05, 4.69) is 4.99 Å². The minimum absolute atomic E-state index is 0.0185. The lowest BCUT2D eigenvalue weighted by molar-refractivity contribution is -0.384. The third kappa shape index (κ3) is 4.23. The molecule has 10 heteroatoms. The molecule has 2 aromatic carbocycles. The topological polar surface area (TPSA) is 75.8 Å². The minimum Gasteiger partial charge on any atom is -0.286 e. The van der Waals surface area contributed by atoms with Gasteiger partial charge in [0.05, 0.1) is 22.1 Å². The number of nitro benzene ring substituents is 1. The van der Waals surface area contributed by atoms with Crippen LogP contribution in [0, 0.1) is 15.9 Å². The Hall–Kier alpha value is -2.16. The summed E-state index contributed by atoms with van der Waals surface area (Å²) in [6, 6.07) is 8.09. The highest BCUT2D eigenvalue weighted by molar-refractivity contribution is 8.13. The monoisotopic (exact) mass is 427 g/mol. The van der Waals surface area contributed by atoms with E-state index in [1.54, 1.807) is 6.07 Å². The highest BCUT2D eigenvalue weighted by Crippen LogP contribution is 2.29. The average molecular weight is 428 g/mol. The molecule has 0 bridgehead atoms. The maximum Gasteiger partial charge on any atom is 0.270 e. The summed E-state index contributed by atoms with van der Waals surface area (Å²) in [5, 5.41) is 11.8. The Kier molecular flexibility index (Phi) is 5.98. The molecule has 0 aliphatic carbocycles. The van der Waals surface area contributed by atoms with Gasteiger partial charge in [0, 0.05) is 35.0 Å². The van der Waals surface area contributed by atoms with Crippen molar-refractivity contribution in [3.63, 3.8) is 0 Å². The minimum atomic E-state index is -0.596. The van der Waals surface area contributed by atoms with Gasteiger partial charge in [-0.2, -0.15) is 0 Å². The van der Waals surface area contributed by atoms with Crippen LogP contribution in [-0.2, 0) is 5.75 Å². The van der Waals surface area contributed by atoms with E-state index in [9.17, 15) is 19.3 Å². The van der Waals surface area contributed by atoms with Crippen LogP contribution in [0.15, 0.2) is 41.4 Å². The molecule has 140 valence electrons. The zero-order valence-electron chi connectivity index (χ0n) is 13.7. The second-order valence-corrected chi connectivity index (χ2v) is 7.29. The summed E-state index contributed by atoms with van der Waals surface area (Å²) in [6.07, 6.45) is 0. The number of amidine groups is 1. The van der Waals surface area contributed by atoms with Gasteiger partial charge in [-0.1, -0.05) is 41.0 Å². The van der Waals surface area contributed by atoms with E-state index in [4.69, 9.17) is 23.2 Å². The quantitative estimate of drug-likeness (QED) is 0.519. The molecule has 0 radical (unpaired) electrons. The van der Waals surface area contributed by atoms with Gasteiger partial charge in [0.2, 0.25) is 0 Å². The number of carbonyl (C=O) groups excluding carboxylic acids is 1. The standard InChI is InChI=1S/C17H12Cl2FN3O3S/c18-13-2-1-3-15(20)12(13)9-27-17-21-6-7-22(17)16(24)11-8-10(23(25)26)4-5-14(11)19/h1-5,8H,6-7,9H2. The zero-order chi connectivity index (χ0) is 19.6. The summed E-state index contributed by atoms with van der Waals surface area (Å²) in [5.41, 5.74) is 0.107. The van der Waals surface area contributed by atoms with E-state index in [1.807, 2.05) is 0 Å².